The van der Waals surface area contributed by atoms with Gasteiger partial charge in [0.2, 0.25) is 0 Å². The van der Waals surface area contributed by atoms with Gasteiger partial charge in [0.25, 0.3) is 0 Å². The van der Waals surface area contributed by atoms with Gasteiger partial charge in [-0.1, -0.05) is 0 Å². The molecule has 0 aliphatic rings. The van der Waals surface area contributed by atoms with Gasteiger partial charge in [-0.05, 0) is 31.2 Å². The van der Waals surface area contributed by atoms with Gasteiger partial charge in [-0.25, -0.2) is 8.78 Å². The molecule has 1 aromatic rings. The molecular weight excluding hydrogens is 188 g/mol. The number of halogens is 2. The van der Waals surface area contributed by atoms with E-state index >= 15 is 0 Å². The van der Waals surface area contributed by atoms with Crippen molar-refractivity contribution < 1.29 is 13.6 Å². The van der Waals surface area contributed by atoms with E-state index in [9.17, 15) is 13.6 Å². The second-order valence-electron chi connectivity index (χ2n) is 3.07. The third kappa shape index (κ3) is 2.14. The first-order valence-corrected chi connectivity index (χ1v) is 4.25. The molecule has 0 heterocycles. The fourth-order valence-electron chi connectivity index (χ4n) is 1.19. The van der Waals surface area contributed by atoms with E-state index in [4.69, 9.17) is 5.73 Å². The van der Waals surface area contributed by atoms with Gasteiger partial charge >= 0.3 is 0 Å². The highest BCUT2D eigenvalue weighted by molar-refractivity contribution is 5.96. The minimum atomic E-state index is -1.09. The summed E-state index contributed by atoms with van der Waals surface area (Å²) in [6.07, 6.45) is 0.0276. The van der Waals surface area contributed by atoms with Crippen LogP contribution in [0.4, 0.5) is 8.78 Å². The molecule has 76 valence electrons. The highest BCUT2D eigenvalue weighted by Gasteiger charge is 2.15. The maximum atomic E-state index is 13.1. The summed E-state index contributed by atoms with van der Waals surface area (Å²) in [6, 6.07) is 2.38. The van der Waals surface area contributed by atoms with Crippen molar-refractivity contribution in [2.24, 2.45) is 5.73 Å². The van der Waals surface area contributed by atoms with Gasteiger partial charge in [-0.15, -0.1) is 0 Å². The number of hydrogen-bond donors (Lipinski definition) is 1. The Hall–Kier alpha value is -1.29. The van der Waals surface area contributed by atoms with E-state index in [0.29, 0.717) is 5.56 Å². The number of rotatable bonds is 3. The van der Waals surface area contributed by atoms with Crippen molar-refractivity contribution in [1.29, 1.82) is 0 Å². The second-order valence-corrected chi connectivity index (χ2v) is 3.07. The molecule has 0 unspecified atom stereocenters. The highest BCUT2D eigenvalue weighted by Crippen LogP contribution is 2.15. The van der Waals surface area contributed by atoms with E-state index < -0.39 is 17.4 Å². The maximum Gasteiger partial charge on any atom is 0.169 e. The number of ketones is 1. The molecule has 1 rings (SSSR count). The van der Waals surface area contributed by atoms with Crippen LogP contribution in [0.3, 0.4) is 0 Å². The summed E-state index contributed by atoms with van der Waals surface area (Å²) >= 11 is 0. The molecule has 0 saturated carbocycles. The monoisotopic (exact) mass is 199 g/mol. The van der Waals surface area contributed by atoms with E-state index in [-0.39, 0.29) is 18.5 Å². The van der Waals surface area contributed by atoms with Crippen LogP contribution in [0.15, 0.2) is 12.1 Å². The summed E-state index contributed by atoms with van der Waals surface area (Å²) < 4.78 is 26.0. The van der Waals surface area contributed by atoms with Gasteiger partial charge in [0.05, 0.1) is 5.56 Å². The van der Waals surface area contributed by atoms with Crippen LogP contribution in [-0.2, 0) is 0 Å². The standard InChI is InChI=1S/C10H11F2NO/c1-6-4-7(9(14)2-3-13)10(12)8(11)5-6/h4-5H,2-3,13H2,1H3. The molecule has 1 aromatic carbocycles. The van der Waals surface area contributed by atoms with E-state index in [1.54, 1.807) is 6.92 Å². The van der Waals surface area contributed by atoms with E-state index in [0.717, 1.165) is 6.07 Å². The molecule has 0 saturated heterocycles. The largest absolute Gasteiger partial charge is 0.330 e. The fraction of sp³-hybridized carbons (Fsp3) is 0.300. The predicted octanol–water partition coefficient (Wildman–Crippen LogP) is 1.80. The molecule has 0 aliphatic carbocycles. The van der Waals surface area contributed by atoms with Gasteiger partial charge in [0.15, 0.2) is 17.4 Å². The smallest absolute Gasteiger partial charge is 0.169 e. The normalized spacial score (nSPS) is 10.3. The zero-order chi connectivity index (χ0) is 10.7. The van der Waals surface area contributed by atoms with E-state index in [1.807, 2.05) is 0 Å². The summed E-state index contributed by atoms with van der Waals surface area (Å²) in [6.45, 7) is 1.73. The van der Waals surface area contributed by atoms with Crippen molar-refractivity contribution in [3.05, 3.63) is 34.9 Å². The minimum Gasteiger partial charge on any atom is -0.330 e. The highest BCUT2D eigenvalue weighted by atomic mass is 19.2. The SMILES string of the molecule is Cc1cc(F)c(F)c(C(=O)CCN)c1. The zero-order valence-electron chi connectivity index (χ0n) is 7.81. The van der Waals surface area contributed by atoms with Crippen LogP contribution in [0.5, 0.6) is 0 Å². The maximum absolute atomic E-state index is 13.1. The minimum absolute atomic E-state index is 0.0276. The number of nitrogens with two attached hydrogens (primary N) is 1. The molecule has 0 aliphatic heterocycles. The first-order chi connectivity index (χ1) is 6.56. The van der Waals surface area contributed by atoms with Crippen LogP contribution in [0, 0.1) is 18.6 Å². The summed E-state index contributed by atoms with van der Waals surface area (Å²) in [5.41, 5.74) is 5.46. The lowest BCUT2D eigenvalue weighted by atomic mass is 10.0. The Morgan fingerprint density at radius 2 is 2.07 bits per heavy atom. The van der Waals surface area contributed by atoms with Gasteiger partial charge in [-0.3, -0.25) is 4.79 Å². The second kappa shape index (κ2) is 4.28. The molecule has 0 aromatic heterocycles. The van der Waals surface area contributed by atoms with Crippen molar-refractivity contribution in [2.75, 3.05) is 6.54 Å². The van der Waals surface area contributed by atoms with Gasteiger partial charge in [0.1, 0.15) is 0 Å². The number of benzene rings is 1. The predicted molar refractivity (Wildman–Crippen MR) is 49.1 cm³/mol. The molecule has 0 spiro atoms. The summed E-state index contributed by atoms with van der Waals surface area (Å²) in [4.78, 5) is 11.3. The quantitative estimate of drug-likeness (QED) is 0.754. The Balaban J connectivity index is 3.13. The molecule has 0 radical (unpaired) electrons. The molecular formula is C10H11F2NO. The van der Waals surface area contributed by atoms with Gasteiger partial charge < -0.3 is 5.73 Å². The lowest BCUT2D eigenvalue weighted by Crippen LogP contribution is -2.11. The topological polar surface area (TPSA) is 43.1 Å². The Kier molecular flexibility index (Phi) is 3.30. The molecule has 0 fully saturated rings. The molecule has 2 N–H and O–H groups in total. The number of carbonyl (C=O) groups excluding carboxylic acids is 1. The van der Waals surface area contributed by atoms with Crippen molar-refractivity contribution in [3.63, 3.8) is 0 Å². The molecule has 2 nitrogen and oxygen atoms in total. The average Bonchev–Trinajstić information content (AvgIpc) is 2.11. The molecule has 0 atom stereocenters. The fourth-order valence-corrected chi connectivity index (χ4v) is 1.19. The van der Waals surface area contributed by atoms with Crippen LogP contribution in [-0.4, -0.2) is 12.3 Å². The Bertz CT molecular complexity index is 363. The van der Waals surface area contributed by atoms with Gasteiger partial charge in [0, 0.05) is 6.42 Å². The molecule has 0 amide bonds. The number of hydrogen-bond acceptors (Lipinski definition) is 2. The van der Waals surface area contributed by atoms with Crippen LogP contribution < -0.4 is 5.73 Å². The van der Waals surface area contributed by atoms with Crippen LogP contribution in [0.1, 0.15) is 22.3 Å². The number of aryl methyl sites for hydroxylation is 1. The summed E-state index contributed by atoms with van der Waals surface area (Å²) in [5.74, 6) is -2.55. The summed E-state index contributed by atoms with van der Waals surface area (Å²) in [5, 5.41) is 0. The lowest BCUT2D eigenvalue weighted by Gasteiger charge is -2.03. The van der Waals surface area contributed by atoms with Crippen molar-refractivity contribution >= 4 is 5.78 Å². The first-order valence-electron chi connectivity index (χ1n) is 4.25. The zero-order valence-corrected chi connectivity index (χ0v) is 7.81. The Labute approximate surface area is 80.7 Å². The van der Waals surface area contributed by atoms with Crippen molar-refractivity contribution in [1.82, 2.24) is 0 Å². The van der Waals surface area contributed by atoms with Crippen molar-refractivity contribution in [3.8, 4) is 0 Å². The van der Waals surface area contributed by atoms with Gasteiger partial charge in [-0.2, -0.15) is 0 Å². The molecule has 14 heavy (non-hydrogen) atoms. The van der Waals surface area contributed by atoms with E-state index in [2.05, 4.69) is 0 Å². The number of carbonyl (C=O) groups is 1. The third-order valence-corrected chi connectivity index (χ3v) is 1.84. The van der Waals surface area contributed by atoms with Crippen LogP contribution in [0.2, 0.25) is 0 Å². The first kappa shape index (κ1) is 10.8. The molecule has 0 bridgehead atoms. The van der Waals surface area contributed by atoms with Crippen LogP contribution in [0.25, 0.3) is 0 Å². The lowest BCUT2D eigenvalue weighted by molar-refractivity contribution is 0.0980. The van der Waals surface area contributed by atoms with Crippen molar-refractivity contribution in [2.45, 2.75) is 13.3 Å². The third-order valence-electron chi connectivity index (χ3n) is 1.84. The number of Topliss-reactive ketones (excluding diaryl/α,β-unsaturated/α-hetero) is 1. The summed E-state index contributed by atoms with van der Waals surface area (Å²) in [7, 11) is 0. The van der Waals surface area contributed by atoms with Crippen LogP contribution >= 0.6 is 0 Å². The van der Waals surface area contributed by atoms with E-state index in [1.165, 1.54) is 6.07 Å². The Morgan fingerprint density at radius 3 is 2.64 bits per heavy atom. The average molecular weight is 199 g/mol. The Morgan fingerprint density at radius 1 is 1.43 bits per heavy atom. The molecule has 4 heteroatoms.